The number of likely N-dealkylation sites (tertiary alicyclic amines) is 1. The zero-order chi connectivity index (χ0) is 25.2. The molecule has 0 radical (unpaired) electrons. The summed E-state index contributed by atoms with van der Waals surface area (Å²) >= 11 is 0. The predicted molar refractivity (Wildman–Crippen MR) is 140 cm³/mol. The molecule has 0 spiro atoms. The molecule has 2 aliphatic rings. The summed E-state index contributed by atoms with van der Waals surface area (Å²) < 4.78 is 0. The number of nitrogens with zero attached hydrogens (tertiary/aromatic N) is 4. The van der Waals surface area contributed by atoms with Gasteiger partial charge in [0.25, 0.3) is 0 Å². The van der Waals surface area contributed by atoms with Gasteiger partial charge in [0.15, 0.2) is 0 Å². The molecule has 188 valence electrons. The molecule has 0 aliphatic carbocycles. The first-order chi connectivity index (χ1) is 16.7. The van der Waals surface area contributed by atoms with Gasteiger partial charge < -0.3 is 25.8 Å². The number of nitrogens with one attached hydrogen (secondary N) is 1. The van der Waals surface area contributed by atoms with Gasteiger partial charge in [-0.2, -0.15) is 0 Å². The minimum atomic E-state index is -0.645. The van der Waals surface area contributed by atoms with E-state index in [9.17, 15) is 9.59 Å². The number of likely N-dealkylation sites (N-methyl/N-ethyl adjacent to an activating group) is 1. The van der Waals surface area contributed by atoms with Gasteiger partial charge in [0.05, 0.1) is 17.4 Å². The average Bonchev–Trinajstić information content (AvgIpc) is 2.86. The molecule has 1 aromatic heterocycles. The van der Waals surface area contributed by atoms with Crippen LogP contribution in [0.25, 0.3) is 0 Å². The first-order valence-electron chi connectivity index (χ1n) is 12.6. The molecule has 2 aromatic rings. The number of piperazine rings is 1. The highest BCUT2D eigenvalue weighted by atomic mass is 16.2. The van der Waals surface area contributed by atoms with Crippen molar-refractivity contribution in [3.63, 3.8) is 0 Å². The van der Waals surface area contributed by atoms with Crippen molar-refractivity contribution in [2.24, 2.45) is 5.92 Å². The summed E-state index contributed by atoms with van der Waals surface area (Å²) in [4.78, 5) is 37.1. The zero-order valence-electron chi connectivity index (χ0n) is 21.4. The van der Waals surface area contributed by atoms with Crippen LogP contribution in [0.15, 0.2) is 36.5 Å². The smallest absolute Gasteiger partial charge is 0.313 e. The van der Waals surface area contributed by atoms with Gasteiger partial charge in [-0.1, -0.05) is 26.0 Å². The Morgan fingerprint density at radius 3 is 2.51 bits per heavy atom. The van der Waals surface area contributed by atoms with Crippen LogP contribution < -0.4 is 16.0 Å². The van der Waals surface area contributed by atoms with Crippen LogP contribution in [0, 0.1) is 5.92 Å². The molecule has 8 heteroatoms. The van der Waals surface area contributed by atoms with E-state index in [1.54, 1.807) is 11.0 Å². The molecule has 2 fully saturated rings. The first-order valence-corrected chi connectivity index (χ1v) is 12.6. The van der Waals surface area contributed by atoms with E-state index in [0.29, 0.717) is 30.4 Å². The van der Waals surface area contributed by atoms with Crippen LogP contribution in [0.4, 0.5) is 17.2 Å². The van der Waals surface area contributed by atoms with Gasteiger partial charge in [-0.15, -0.1) is 0 Å². The SMILES string of the molecule is CCc1cc(NC(=O)C(=O)N2C[C@@H](C)CC[C@@]2(C)c2ccc(N3CCN(C)CC3)cc2)cnc1N. The topological polar surface area (TPSA) is 94.8 Å². The standard InChI is InChI=1S/C27H38N6O2/c1-5-20-16-22(17-29-24(20)28)30-25(34)26(35)33-18-19(2)10-11-27(33,3)21-6-8-23(9-7-21)32-14-12-31(4)13-15-32/h6-9,16-17,19H,5,10-15,18H2,1-4H3,(H2,28,29)(H,30,34)/t19-,27-/m0/s1. The fourth-order valence-electron chi connectivity index (χ4n) is 5.15. The van der Waals surface area contributed by atoms with Gasteiger partial charge in [-0.05, 0) is 68.5 Å². The van der Waals surface area contributed by atoms with Gasteiger partial charge in [0.1, 0.15) is 5.82 Å². The van der Waals surface area contributed by atoms with E-state index in [4.69, 9.17) is 5.73 Å². The molecule has 2 atom stereocenters. The minimum absolute atomic E-state index is 0.328. The molecule has 2 amide bonds. The molecule has 3 heterocycles. The zero-order valence-corrected chi connectivity index (χ0v) is 21.4. The Labute approximate surface area is 208 Å². The second-order valence-corrected chi connectivity index (χ2v) is 10.2. The van der Waals surface area contributed by atoms with Crippen LogP contribution in [-0.2, 0) is 21.5 Å². The summed E-state index contributed by atoms with van der Waals surface area (Å²) in [5.41, 5.74) is 8.92. The molecular formula is C27H38N6O2. The lowest BCUT2D eigenvalue weighted by molar-refractivity contribution is -0.150. The molecule has 1 aromatic carbocycles. The Bertz CT molecular complexity index is 1060. The van der Waals surface area contributed by atoms with Gasteiger partial charge in [-0.25, -0.2) is 4.98 Å². The lowest BCUT2D eigenvalue weighted by atomic mass is 9.79. The van der Waals surface area contributed by atoms with Gasteiger partial charge in [-0.3, -0.25) is 9.59 Å². The lowest BCUT2D eigenvalue weighted by Crippen LogP contribution is -2.55. The number of hydrogen-bond acceptors (Lipinski definition) is 6. The number of benzene rings is 1. The number of aryl methyl sites for hydroxylation is 1. The number of amides is 2. The summed E-state index contributed by atoms with van der Waals surface area (Å²) in [6.45, 7) is 10.9. The van der Waals surface area contributed by atoms with Crippen LogP contribution in [0.5, 0.6) is 0 Å². The van der Waals surface area contributed by atoms with Crippen molar-refractivity contribution in [1.29, 1.82) is 0 Å². The normalized spacial score (nSPS) is 23.3. The molecule has 35 heavy (non-hydrogen) atoms. The van der Waals surface area contributed by atoms with Crippen molar-refractivity contribution >= 4 is 29.0 Å². The summed E-state index contributed by atoms with van der Waals surface area (Å²) in [7, 11) is 2.15. The molecule has 4 rings (SSSR count). The molecule has 2 saturated heterocycles. The Morgan fingerprint density at radius 2 is 1.86 bits per heavy atom. The second kappa shape index (κ2) is 10.2. The van der Waals surface area contributed by atoms with Crippen molar-refractivity contribution in [2.75, 3.05) is 55.7 Å². The van der Waals surface area contributed by atoms with Gasteiger partial charge in [0, 0.05) is 38.4 Å². The number of anilines is 3. The third kappa shape index (κ3) is 5.27. The number of aromatic nitrogens is 1. The Kier molecular flexibility index (Phi) is 7.31. The minimum Gasteiger partial charge on any atom is -0.383 e. The highest BCUT2D eigenvalue weighted by molar-refractivity contribution is 6.39. The van der Waals surface area contributed by atoms with Crippen molar-refractivity contribution in [3.8, 4) is 0 Å². The molecule has 2 aliphatic heterocycles. The summed E-state index contributed by atoms with van der Waals surface area (Å²) in [6, 6.07) is 10.3. The number of rotatable bonds is 4. The number of pyridine rings is 1. The van der Waals surface area contributed by atoms with Crippen LogP contribution >= 0.6 is 0 Å². The first kappa shape index (κ1) is 25.0. The maximum absolute atomic E-state index is 13.5. The molecule has 0 unspecified atom stereocenters. The van der Waals surface area contributed by atoms with E-state index < -0.39 is 17.4 Å². The molecule has 0 saturated carbocycles. The highest BCUT2D eigenvalue weighted by Gasteiger charge is 2.43. The molecule has 3 N–H and O–H groups in total. The summed E-state index contributed by atoms with van der Waals surface area (Å²) in [5, 5.41) is 2.74. The van der Waals surface area contributed by atoms with Crippen molar-refractivity contribution in [3.05, 3.63) is 47.7 Å². The van der Waals surface area contributed by atoms with Gasteiger partial charge in [0.2, 0.25) is 0 Å². The number of piperidine rings is 1. The maximum Gasteiger partial charge on any atom is 0.313 e. The third-order valence-electron chi connectivity index (χ3n) is 7.65. The fourth-order valence-corrected chi connectivity index (χ4v) is 5.15. The van der Waals surface area contributed by atoms with Crippen LogP contribution in [-0.4, -0.2) is 66.4 Å². The maximum atomic E-state index is 13.5. The Balaban J connectivity index is 1.53. The molecule has 8 nitrogen and oxygen atoms in total. The monoisotopic (exact) mass is 478 g/mol. The predicted octanol–water partition coefficient (Wildman–Crippen LogP) is 3.09. The number of hydrogen-bond donors (Lipinski definition) is 2. The summed E-state index contributed by atoms with van der Waals surface area (Å²) in [6.07, 6.45) is 4.01. The van der Waals surface area contributed by atoms with Gasteiger partial charge >= 0.3 is 11.8 Å². The molecule has 0 bridgehead atoms. The van der Waals surface area contributed by atoms with Crippen LogP contribution in [0.3, 0.4) is 0 Å². The highest BCUT2D eigenvalue weighted by Crippen LogP contribution is 2.40. The average molecular weight is 479 g/mol. The van der Waals surface area contributed by atoms with Crippen LogP contribution in [0.2, 0.25) is 0 Å². The number of carbonyl (C=O) groups is 2. The fraction of sp³-hybridized carbons (Fsp3) is 0.519. The number of carbonyl (C=O) groups excluding carboxylic acids is 2. The largest absolute Gasteiger partial charge is 0.383 e. The van der Waals surface area contributed by atoms with E-state index >= 15 is 0 Å². The van der Waals surface area contributed by atoms with Crippen molar-refractivity contribution in [1.82, 2.24) is 14.8 Å². The van der Waals surface area contributed by atoms with E-state index in [-0.39, 0.29) is 0 Å². The van der Waals surface area contributed by atoms with Crippen molar-refractivity contribution < 1.29 is 9.59 Å². The van der Waals surface area contributed by atoms with E-state index in [1.165, 1.54) is 11.9 Å². The summed E-state index contributed by atoms with van der Waals surface area (Å²) in [5.74, 6) is -0.395. The van der Waals surface area contributed by atoms with E-state index in [0.717, 1.165) is 50.1 Å². The number of nitrogens with two attached hydrogens (primary N) is 1. The van der Waals surface area contributed by atoms with Crippen LogP contribution in [0.1, 0.15) is 44.7 Å². The lowest BCUT2D eigenvalue weighted by Gasteiger charge is -2.47. The third-order valence-corrected chi connectivity index (χ3v) is 7.65. The Hall–Kier alpha value is -3.13. The van der Waals surface area contributed by atoms with E-state index in [2.05, 4.69) is 65.3 Å². The Morgan fingerprint density at radius 1 is 1.17 bits per heavy atom. The van der Waals surface area contributed by atoms with Crippen molar-refractivity contribution in [2.45, 2.75) is 45.6 Å². The van der Waals surface area contributed by atoms with E-state index in [1.807, 2.05) is 6.92 Å². The number of nitrogen functional groups attached to an aromatic ring is 1. The second-order valence-electron chi connectivity index (χ2n) is 10.2. The quantitative estimate of drug-likeness (QED) is 0.656. The molecular weight excluding hydrogens is 440 g/mol.